The van der Waals surface area contributed by atoms with Gasteiger partial charge in [0.1, 0.15) is 0 Å². The summed E-state index contributed by atoms with van der Waals surface area (Å²) < 4.78 is 4.70. The molecule has 1 saturated carbocycles. The molecule has 114 valence electrons. The van der Waals surface area contributed by atoms with Crippen LogP contribution in [-0.4, -0.2) is 19.0 Å². The molecule has 0 saturated heterocycles. The minimum absolute atomic E-state index is 0.0204. The predicted molar refractivity (Wildman–Crippen MR) is 82.3 cm³/mol. The molecule has 1 aromatic rings. The van der Waals surface area contributed by atoms with Crippen LogP contribution in [0.3, 0.4) is 0 Å². The van der Waals surface area contributed by atoms with Crippen molar-refractivity contribution in [3.05, 3.63) is 29.3 Å². The van der Waals surface area contributed by atoms with Crippen LogP contribution in [0.4, 0.5) is 5.69 Å². The van der Waals surface area contributed by atoms with E-state index in [1.54, 1.807) is 12.1 Å². The normalized spacial score (nSPS) is 15.0. The van der Waals surface area contributed by atoms with Crippen LogP contribution in [-0.2, 0) is 9.53 Å². The Balaban J connectivity index is 1.94. The first kappa shape index (κ1) is 15.5. The maximum Gasteiger partial charge on any atom is 0.337 e. The molecule has 1 aliphatic carbocycles. The van der Waals surface area contributed by atoms with E-state index in [0.29, 0.717) is 23.6 Å². The number of aryl methyl sites for hydroxylation is 1. The smallest absolute Gasteiger partial charge is 0.337 e. The minimum Gasteiger partial charge on any atom is -0.465 e. The third-order valence-corrected chi connectivity index (χ3v) is 4.19. The van der Waals surface area contributed by atoms with E-state index in [0.717, 1.165) is 12.0 Å². The van der Waals surface area contributed by atoms with Gasteiger partial charge in [0.25, 0.3) is 0 Å². The molecule has 1 amide bonds. The molecule has 1 aromatic carbocycles. The van der Waals surface area contributed by atoms with Gasteiger partial charge in [-0.15, -0.1) is 0 Å². The Morgan fingerprint density at radius 3 is 2.67 bits per heavy atom. The van der Waals surface area contributed by atoms with Gasteiger partial charge in [0.15, 0.2) is 0 Å². The molecule has 1 N–H and O–H groups in total. The van der Waals surface area contributed by atoms with E-state index < -0.39 is 5.97 Å². The highest BCUT2D eigenvalue weighted by atomic mass is 16.5. The van der Waals surface area contributed by atoms with Gasteiger partial charge in [-0.1, -0.05) is 31.7 Å². The number of ether oxygens (including phenoxy) is 1. The van der Waals surface area contributed by atoms with E-state index in [-0.39, 0.29) is 5.91 Å². The van der Waals surface area contributed by atoms with E-state index in [2.05, 4.69) is 5.32 Å². The van der Waals surface area contributed by atoms with Crippen molar-refractivity contribution in [1.82, 2.24) is 0 Å². The van der Waals surface area contributed by atoms with Gasteiger partial charge in [0.2, 0.25) is 5.91 Å². The fourth-order valence-electron chi connectivity index (χ4n) is 2.85. The molecule has 0 unspecified atom stereocenters. The molecule has 1 aliphatic rings. The highest BCUT2D eigenvalue weighted by Gasteiger charge is 2.16. The Bertz CT molecular complexity index is 519. The van der Waals surface area contributed by atoms with Gasteiger partial charge in [-0.05, 0) is 37.0 Å². The summed E-state index contributed by atoms with van der Waals surface area (Å²) in [4.78, 5) is 23.6. The Morgan fingerprint density at radius 2 is 2.00 bits per heavy atom. The standard InChI is InChI=1S/C17H23NO3/c1-12-7-9-14(17(20)21-2)11-15(12)18-16(19)10-8-13-5-3-4-6-13/h7,9,11,13H,3-6,8,10H2,1-2H3,(H,18,19). The van der Waals surface area contributed by atoms with Gasteiger partial charge in [0.05, 0.1) is 12.7 Å². The van der Waals surface area contributed by atoms with Gasteiger partial charge in [-0.2, -0.15) is 0 Å². The molecular formula is C17H23NO3. The lowest BCUT2D eigenvalue weighted by atomic mass is 10.0. The lowest BCUT2D eigenvalue weighted by Gasteiger charge is -2.12. The predicted octanol–water partition coefficient (Wildman–Crippen LogP) is 3.69. The third kappa shape index (κ3) is 4.31. The summed E-state index contributed by atoms with van der Waals surface area (Å²) in [6.45, 7) is 1.91. The average molecular weight is 289 g/mol. The van der Waals surface area contributed by atoms with Crippen molar-refractivity contribution in [3.63, 3.8) is 0 Å². The Kier molecular flexibility index (Phi) is 5.37. The lowest BCUT2D eigenvalue weighted by Crippen LogP contribution is -2.14. The van der Waals surface area contributed by atoms with Crippen LogP contribution < -0.4 is 5.32 Å². The molecule has 0 aromatic heterocycles. The number of amides is 1. The van der Waals surface area contributed by atoms with E-state index in [9.17, 15) is 9.59 Å². The van der Waals surface area contributed by atoms with Gasteiger partial charge < -0.3 is 10.1 Å². The zero-order valence-electron chi connectivity index (χ0n) is 12.8. The van der Waals surface area contributed by atoms with Crippen molar-refractivity contribution in [2.24, 2.45) is 5.92 Å². The zero-order valence-corrected chi connectivity index (χ0v) is 12.8. The van der Waals surface area contributed by atoms with Crippen LogP contribution in [0.5, 0.6) is 0 Å². The first-order valence-electron chi connectivity index (χ1n) is 7.59. The Labute approximate surface area is 125 Å². The summed E-state index contributed by atoms with van der Waals surface area (Å²) in [5, 5.41) is 2.91. The first-order chi connectivity index (χ1) is 10.1. The van der Waals surface area contributed by atoms with Crippen LogP contribution >= 0.6 is 0 Å². The number of hydrogen-bond acceptors (Lipinski definition) is 3. The largest absolute Gasteiger partial charge is 0.465 e. The molecule has 0 heterocycles. The summed E-state index contributed by atoms with van der Waals surface area (Å²) in [6, 6.07) is 5.20. The number of hydrogen-bond donors (Lipinski definition) is 1. The third-order valence-electron chi connectivity index (χ3n) is 4.19. The topological polar surface area (TPSA) is 55.4 Å². The van der Waals surface area contributed by atoms with Crippen molar-refractivity contribution in [1.29, 1.82) is 0 Å². The molecule has 1 fully saturated rings. The Morgan fingerprint density at radius 1 is 1.29 bits per heavy atom. The van der Waals surface area contributed by atoms with Gasteiger partial charge in [-0.25, -0.2) is 4.79 Å². The van der Waals surface area contributed by atoms with Gasteiger partial charge in [-0.3, -0.25) is 4.79 Å². The lowest BCUT2D eigenvalue weighted by molar-refractivity contribution is -0.116. The molecule has 0 spiro atoms. The fraction of sp³-hybridized carbons (Fsp3) is 0.529. The molecule has 2 rings (SSSR count). The second kappa shape index (κ2) is 7.25. The summed E-state index contributed by atoms with van der Waals surface area (Å²) in [7, 11) is 1.35. The summed E-state index contributed by atoms with van der Waals surface area (Å²) in [5.74, 6) is 0.335. The number of benzene rings is 1. The number of esters is 1. The van der Waals surface area contributed by atoms with E-state index >= 15 is 0 Å². The maximum atomic E-state index is 12.0. The second-order valence-corrected chi connectivity index (χ2v) is 5.76. The molecule has 21 heavy (non-hydrogen) atoms. The molecule has 0 radical (unpaired) electrons. The summed E-state index contributed by atoms with van der Waals surface area (Å²) in [6.07, 6.45) is 6.61. The number of carbonyl (C=O) groups excluding carboxylic acids is 2. The number of rotatable bonds is 5. The number of carbonyl (C=O) groups is 2. The van der Waals surface area contributed by atoms with Crippen LogP contribution in [0.1, 0.15) is 54.4 Å². The molecule has 0 atom stereocenters. The van der Waals surface area contributed by atoms with Crippen LogP contribution in [0, 0.1) is 12.8 Å². The number of methoxy groups -OCH3 is 1. The van der Waals surface area contributed by atoms with Crippen molar-refractivity contribution in [2.75, 3.05) is 12.4 Å². The molecule has 4 nitrogen and oxygen atoms in total. The molecular weight excluding hydrogens is 266 g/mol. The quantitative estimate of drug-likeness (QED) is 0.841. The highest BCUT2D eigenvalue weighted by molar-refractivity contribution is 5.95. The first-order valence-corrected chi connectivity index (χ1v) is 7.59. The average Bonchev–Trinajstić information content (AvgIpc) is 3.00. The van der Waals surface area contributed by atoms with Crippen molar-refractivity contribution >= 4 is 17.6 Å². The number of anilines is 1. The van der Waals surface area contributed by atoms with Crippen LogP contribution in [0.25, 0.3) is 0 Å². The fourth-order valence-corrected chi connectivity index (χ4v) is 2.85. The van der Waals surface area contributed by atoms with E-state index in [4.69, 9.17) is 4.74 Å². The van der Waals surface area contributed by atoms with Crippen molar-refractivity contribution < 1.29 is 14.3 Å². The monoisotopic (exact) mass is 289 g/mol. The molecule has 0 bridgehead atoms. The summed E-state index contributed by atoms with van der Waals surface area (Å²) in [5.41, 5.74) is 2.08. The SMILES string of the molecule is COC(=O)c1ccc(C)c(NC(=O)CCC2CCCC2)c1. The van der Waals surface area contributed by atoms with Crippen LogP contribution in [0.15, 0.2) is 18.2 Å². The maximum absolute atomic E-state index is 12.0. The van der Waals surface area contributed by atoms with E-state index in [1.165, 1.54) is 32.8 Å². The minimum atomic E-state index is -0.392. The van der Waals surface area contributed by atoms with Crippen molar-refractivity contribution in [2.45, 2.75) is 45.4 Å². The summed E-state index contributed by atoms with van der Waals surface area (Å²) >= 11 is 0. The molecule has 4 heteroatoms. The van der Waals surface area contributed by atoms with Crippen LogP contribution in [0.2, 0.25) is 0 Å². The zero-order chi connectivity index (χ0) is 15.2. The van der Waals surface area contributed by atoms with Gasteiger partial charge in [0, 0.05) is 12.1 Å². The highest BCUT2D eigenvalue weighted by Crippen LogP contribution is 2.28. The second-order valence-electron chi connectivity index (χ2n) is 5.76. The molecule has 0 aliphatic heterocycles. The number of nitrogens with one attached hydrogen (secondary N) is 1. The van der Waals surface area contributed by atoms with E-state index in [1.807, 2.05) is 13.0 Å². The van der Waals surface area contributed by atoms with Crippen molar-refractivity contribution in [3.8, 4) is 0 Å². The van der Waals surface area contributed by atoms with Gasteiger partial charge >= 0.3 is 5.97 Å². The Hall–Kier alpha value is -1.84.